The molecular formula is C11H11FO2. The second kappa shape index (κ2) is 4.56. The van der Waals surface area contributed by atoms with Gasteiger partial charge in [0, 0.05) is 12.5 Å². The van der Waals surface area contributed by atoms with E-state index in [1.807, 2.05) is 0 Å². The van der Waals surface area contributed by atoms with Crippen LogP contribution in [-0.2, 0) is 0 Å². The maximum atomic E-state index is 13.3. The van der Waals surface area contributed by atoms with Crippen LogP contribution in [0.2, 0.25) is 0 Å². The SMILES string of the molecule is C=CCC(=O)c1ccc(OC)cc1F. The van der Waals surface area contributed by atoms with Crippen LogP contribution in [0.1, 0.15) is 16.8 Å². The smallest absolute Gasteiger partial charge is 0.169 e. The molecule has 0 radical (unpaired) electrons. The quantitative estimate of drug-likeness (QED) is 0.544. The molecule has 0 unspecified atom stereocenters. The van der Waals surface area contributed by atoms with Gasteiger partial charge in [0.2, 0.25) is 0 Å². The fraction of sp³-hybridized carbons (Fsp3) is 0.182. The minimum absolute atomic E-state index is 0.0747. The fourth-order valence-electron chi connectivity index (χ4n) is 1.09. The molecule has 14 heavy (non-hydrogen) atoms. The number of halogens is 1. The summed E-state index contributed by atoms with van der Waals surface area (Å²) in [4.78, 5) is 11.3. The summed E-state index contributed by atoms with van der Waals surface area (Å²) in [5, 5.41) is 0. The van der Waals surface area contributed by atoms with Gasteiger partial charge < -0.3 is 4.74 Å². The van der Waals surface area contributed by atoms with E-state index in [4.69, 9.17) is 4.74 Å². The molecule has 0 bridgehead atoms. The normalized spacial score (nSPS) is 9.57. The zero-order valence-corrected chi connectivity index (χ0v) is 7.92. The number of methoxy groups -OCH3 is 1. The van der Waals surface area contributed by atoms with Crippen molar-refractivity contribution < 1.29 is 13.9 Å². The summed E-state index contributed by atoms with van der Waals surface area (Å²) in [7, 11) is 1.44. The van der Waals surface area contributed by atoms with Crippen molar-refractivity contribution in [3.05, 3.63) is 42.2 Å². The second-order valence-corrected chi connectivity index (χ2v) is 2.76. The molecule has 0 heterocycles. The van der Waals surface area contributed by atoms with Gasteiger partial charge in [-0.25, -0.2) is 4.39 Å². The van der Waals surface area contributed by atoms with Gasteiger partial charge >= 0.3 is 0 Å². The van der Waals surface area contributed by atoms with Crippen LogP contribution in [0.4, 0.5) is 4.39 Å². The summed E-state index contributed by atoms with van der Waals surface area (Å²) in [6, 6.07) is 4.16. The molecule has 0 aliphatic rings. The van der Waals surface area contributed by atoms with Gasteiger partial charge in [-0.3, -0.25) is 4.79 Å². The third-order valence-corrected chi connectivity index (χ3v) is 1.81. The maximum absolute atomic E-state index is 13.3. The monoisotopic (exact) mass is 194 g/mol. The lowest BCUT2D eigenvalue weighted by atomic mass is 10.1. The number of ketones is 1. The second-order valence-electron chi connectivity index (χ2n) is 2.76. The Kier molecular flexibility index (Phi) is 3.40. The molecule has 3 heteroatoms. The molecule has 0 aliphatic carbocycles. The Bertz CT molecular complexity index is 358. The first-order chi connectivity index (χ1) is 6.69. The zero-order chi connectivity index (χ0) is 10.6. The molecule has 0 fully saturated rings. The third kappa shape index (κ3) is 2.19. The van der Waals surface area contributed by atoms with E-state index in [2.05, 4.69) is 6.58 Å². The minimum atomic E-state index is -0.559. The summed E-state index contributed by atoms with van der Waals surface area (Å²) < 4.78 is 18.1. The van der Waals surface area contributed by atoms with E-state index < -0.39 is 5.82 Å². The molecule has 0 aliphatic heterocycles. The predicted molar refractivity (Wildman–Crippen MR) is 52.1 cm³/mol. The maximum Gasteiger partial charge on any atom is 0.169 e. The standard InChI is InChI=1S/C11H11FO2/c1-3-4-11(13)9-6-5-8(14-2)7-10(9)12/h3,5-7H,1,4H2,2H3. The summed E-state index contributed by atoms with van der Waals surface area (Å²) in [6.45, 7) is 3.42. The minimum Gasteiger partial charge on any atom is -0.497 e. The molecule has 0 spiro atoms. The molecule has 0 amide bonds. The average molecular weight is 194 g/mol. The van der Waals surface area contributed by atoms with Crippen LogP contribution in [0, 0.1) is 5.82 Å². The van der Waals surface area contributed by atoms with Crippen molar-refractivity contribution in [1.82, 2.24) is 0 Å². The first-order valence-corrected chi connectivity index (χ1v) is 4.16. The third-order valence-electron chi connectivity index (χ3n) is 1.81. The Morgan fingerprint density at radius 2 is 2.36 bits per heavy atom. The number of rotatable bonds is 4. The first-order valence-electron chi connectivity index (χ1n) is 4.16. The van der Waals surface area contributed by atoms with Crippen LogP contribution in [0.3, 0.4) is 0 Å². The van der Waals surface area contributed by atoms with Crippen LogP contribution < -0.4 is 4.74 Å². The van der Waals surface area contributed by atoms with Gasteiger partial charge in [-0.05, 0) is 12.1 Å². The summed E-state index contributed by atoms with van der Waals surface area (Å²) in [6.07, 6.45) is 1.59. The topological polar surface area (TPSA) is 26.3 Å². The van der Waals surface area contributed by atoms with E-state index in [-0.39, 0.29) is 17.8 Å². The molecule has 1 aromatic rings. The highest BCUT2D eigenvalue weighted by Crippen LogP contribution is 2.17. The number of hydrogen-bond acceptors (Lipinski definition) is 2. The van der Waals surface area contributed by atoms with Crippen LogP contribution in [0.25, 0.3) is 0 Å². The Labute approximate surface area is 82.0 Å². The van der Waals surface area contributed by atoms with E-state index in [0.717, 1.165) is 0 Å². The van der Waals surface area contributed by atoms with E-state index >= 15 is 0 Å². The summed E-state index contributed by atoms with van der Waals surface area (Å²) in [5.41, 5.74) is 0.0747. The van der Waals surface area contributed by atoms with Gasteiger partial charge in [0.1, 0.15) is 11.6 Å². The van der Waals surface area contributed by atoms with E-state index in [1.165, 1.54) is 25.3 Å². The lowest BCUT2D eigenvalue weighted by Gasteiger charge is -2.03. The number of Topliss-reactive ketones (excluding diaryl/α,β-unsaturated/α-hetero) is 1. The molecule has 74 valence electrons. The Morgan fingerprint density at radius 3 is 2.86 bits per heavy atom. The van der Waals surface area contributed by atoms with E-state index in [0.29, 0.717) is 5.75 Å². The van der Waals surface area contributed by atoms with E-state index in [9.17, 15) is 9.18 Å². The fourth-order valence-corrected chi connectivity index (χ4v) is 1.09. The van der Waals surface area contributed by atoms with Crippen molar-refractivity contribution in [2.75, 3.05) is 7.11 Å². The largest absolute Gasteiger partial charge is 0.497 e. The number of carbonyl (C=O) groups excluding carboxylic acids is 1. The first kappa shape index (κ1) is 10.4. The summed E-state index contributed by atoms with van der Waals surface area (Å²) in [5.74, 6) is -0.436. The zero-order valence-electron chi connectivity index (χ0n) is 7.92. The molecule has 0 saturated heterocycles. The number of allylic oxidation sites excluding steroid dienone is 1. The Morgan fingerprint density at radius 1 is 1.64 bits per heavy atom. The van der Waals surface area contributed by atoms with Crippen molar-refractivity contribution in [1.29, 1.82) is 0 Å². The van der Waals surface area contributed by atoms with Gasteiger partial charge in [-0.15, -0.1) is 6.58 Å². The molecule has 0 aromatic heterocycles. The van der Waals surface area contributed by atoms with Crippen LogP contribution in [-0.4, -0.2) is 12.9 Å². The molecule has 2 nitrogen and oxygen atoms in total. The number of carbonyl (C=O) groups is 1. The van der Waals surface area contributed by atoms with Crippen molar-refractivity contribution in [3.8, 4) is 5.75 Å². The lowest BCUT2D eigenvalue weighted by Crippen LogP contribution is -2.01. The van der Waals surface area contributed by atoms with Crippen molar-refractivity contribution >= 4 is 5.78 Å². The van der Waals surface area contributed by atoms with Crippen LogP contribution in [0.5, 0.6) is 5.75 Å². The predicted octanol–water partition coefficient (Wildman–Crippen LogP) is 2.59. The molecule has 1 rings (SSSR count). The van der Waals surface area contributed by atoms with Crippen LogP contribution in [0.15, 0.2) is 30.9 Å². The molecule has 0 N–H and O–H groups in total. The van der Waals surface area contributed by atoms with Gasteiger partial charge in [-0.2, -0.15) is 0 Å². The van der Waals surface area contributed by atoms with Gasteiger partial charge in [0.25, 0.3) is 0 Å². The van der Waals surface area contributed by atoms with Gasteiger partial charge in [0.15, 0.2) is 5.78 Å². The van der Waals surface area contributed by atoms with Crippen molar-refractivity contribution in [2.24, 2.45) is 0 Å². The number of hydrogen-bond donors (Lipinski definition) is 0. The summed E-state index contributed by atoms with van der Waals surface area (Å²) >= 11 is 0. The number of ether oxygens (including phenoxy) is 1. The van der Waals surface area contributed by atoms with Gasteiger partial charge in [-0.1, -0.05) is 6.08 Å². The highest BCUT2D eigenvalue weighted by atomic mass is 19.1. The highest BCUT2D eigenvalue weighted by Gasteiger charge is 2.10. The van der Waals surface area contributed by atoms with E-state index in [1.54, 1.807) is 6.07 Å². The van der Waals surface area contributed by atoms with Gasteiger partial charge in [0.05, 0.1) is 12.7 Å². The average Bonchev–Trinajstić information content (AvgIpc) is 2.17. The highest BCUT2D eigenvalue weighted by molar-refractivity contribution is 5.97. The van der Waals surface area contributed by atoms with Crippen molar-refractivity contribution in [3.63, 3.8) is 0 Å². The molecule has 0 atom stereocenters. The molecular weight excluding hydrogens is 183 g/mol. The Hall–Kier alpha value is -1.64. The lowest BCUT2D eigenvalue weighted by molar-refractivity contribution is 0.0992. The molecule has 0 saturated carbocycles. The molecule has 1 aromatic carbocycles. The number of benzene rings is 1. The van der Waals surface area contributed by atoms with Crippen molar-refractivity contribution in [2.45, 2.75) is 6.42 Å². The Balaban J connectivity index is 2.99. The van der Waals surface area contributed by atoms with Crippen LogP contribution >= 0.6 is 0 Å².